The van der Waals surface area contributed by atoms with Gasteiger partial charge in [-0.1, -0.05) is 170 Å². The van der Waals surface area contributed by atoms with Crippen LogP contribution in [0.2, 0.25) is 0 Å². The number of hydrogen-bond acceptors (Lipinski definition) is 8. The van der Waals surface area contributed by atoms with Crippen molar-refractivity contribution in [3.05, 3.63) is 0 Å². The van der Waals surface area contributed by atoms with Crippen LogP contribution in [0.4, 0.5) is 0 Å². The number of unbranched alkanes of at least 4 members (excludes halogenated alkanes) is 18. The average Bonchev–Trinajstić information content (AvgIpc) is 3.20. The Hall–Kier alpha value is -2.12. The largest absolute Gasteiger partial charge is 0.466 e. The highest BCUT2D eigenvalue weighted by atomic mass is 16.5. The van der Waals surface area contributed by atoms with Crippen molar-refractivity contribution in [3.8, 4) is 0 Å². The molecule has 8 heteroatoms. The van der Waals surface area contributed by atoms with E-state index in [1.54, 1.807) is 0 Å². The first-order chi connectivity index (χ1) is 27.3. The second-order valence-corrected chi connectivity index (χ2v) is 16.0. The molecule has 0 bridgehead atoms. The predicted octanol–water partition coefficient (Wildman–Crippen LogP) is 14.0. The van der Waals surface area contributed by atoms with Crippen LogP contribution in [0.1, 0.15) is 247 Å². The molecule has 0 saturated heterocycles. The molecule has 0 N–H and O–H groups in total. The lowest BCUT2D eigenvalue weighted by atomic mass is 10.0. The molecule has 0 saturated carbocycles. The Morgan fingerprint density at radius 1 is 0.321 bits per heavy atom. The van der Waals surface area contributed by atoms with Gasteiger partial charge in [0.2, 0.25) is 0 Å². The van der Waals surface area contributed by atoms with Crippen LogP contribution in [0.25, 0.3) is 0 Å². The van der Waals surface area contributed by atoms with Gasteiger partial charge in [-0.3, -0.25) is 19.2 Å². The molecule has 0 aromatic carbocycles. The lowest BCUT2D eigenvalue weighted by Gasteiger charge is -2.14. The van der Waals surface area contributed by atoms with Crippen LogP contribution < -0.4 is 0 Å². The SMILES string of the molecule is CCCCC(CC)COC(=O)CCCCCCCCC(=O)OCC(CC)CCCC.CCCCCCCCOC(=O)CCCCC(=O)OCCCCCCCC. The number of ether oxygens (including phenoxy) is 4. The highest BCUT2D eigenvalue weighted by molar-refractivity contribution is 5.70. The topological polar surface area (TPSA) is 105 Å². The molecule has 332 valence electrons. The number of rotatable bonds is 40. The zero-order valence-corrected chi connectivity index (χ0v) is 37.9. The summed E-state index contributed by atoms with van der Waals surface area (Å²) in [5, 5.41) is 0. The highest BCUT2D eigenvalue weighted by Crippen LogP contribution is 2.16. The normalized spacial score (nSPS) is 12.0. The van der Waals surface area contributed by atoms with E-state index in [1.165, 1.54) is 77.0 Å². The van der Waals surface area contributed by atoms with Crippen LogP contribution in [0.5, 0.6) is 0 Å². The van der Waals surface area contributed by atoms with E-state index in [-0.39, 0.29) is 23.9 Å². The lowest BCUT2D eigenvalue weighted by Crippen LogP contribution is -2.13. The summed E-state index contributed by atoms with van der Waals surface area (Å²) in [5.74, 6) is 0.668. The molecule has 0 radical (unpaired) electrons. The molecule has 0 spiro atoms. The molecule has 0 fully saturated rings. The van der Waals surface area contributed by atoms with Crippen molar-refractivity contribution in [2.75, 3.05) is 26.4 Å². The van der Waals surface area contributed by atoms with Crippen LogP contribution in [0, 0.1) is 11.8 Å². The van der Waals surface area contributed by atoms with Gasteiger partial charge in [0.15, 0.2) is 0 Å². The summed E-state index contributed by atoms with van der Waals surface area (Å²) in [4.78, 5) is 46.9. The van der Waals surface area contributed by atoms with Gasteiger partial charge < -0.3 is 18.9 Å². The first-order valence-corrected chi connectivity index (χ1v) is 23.9. The smallest absolute Gasteiger partial charge is 0.305 e. The van der Waals surface area contributed by atoms with Crippen LogP contribution in [-0.4, -0.2) is 50.3 Å². The van der Waals surface area contributed by atoms with E-state index in [0.29, 0.717) is 76.8 Å². The van der Waals surface area contributed by atoms with Gasteiger partial charge in [-0.05, 0) is 63.2 Å². The molecule has 0 rings (SSSR count). The molecule has 0 heterocycles. The van der Waals surface area contributed by atoms with Crippen molar-refractivity contribution < 1.29 is 38.1 Å². The number of hydrogen-bond donors (Lipinski definition) is 0. The van der Waals surface area contributed by atoms with Crippen molar-refractivity contribution >= 4 is 23.9 Å². The van der Waals surface area contributed by atoms with E-state index in [2.05, 4.69) is 41.5 Å². The maximum Gasteiger partial charge on any atom is 0.305 e. The van der Waals surface area contributed by atoms with Crippen molar-refractivity contribution in [1.82, 2.24) is 0 Å². The zero-order chi connectivity index (χ0) is 41.7. The summed E-state index contributed by atoms with van der Waals surface area (Å²) < 4.78 is 21.3. The second kappa shape index (κ2) is 45.6. The summed E-state index contributed by atoms with van der Waals surface area (Å²) in [6, 6.07) is 0. The average molecular weight is 797 g/mol. The van der Waals surface area contributed by atoms with Gasteiger partial charge >= 0.3 is 23.9 Å². The first-order valence-electron chi connectivity index (χ1n) is 23.9. The minimum atomic E-state index is -0.140. The van der Waals surface area contributed by atoms with Crippen molar-refractivity contribution in [1.29, 1.82) is 0 Å². The highest BCUT2D eigenvalue weighted by Gasteiger charge is 2.12. The Balaban J connectivity index is 0. The second-order valence-electron chi connectivity index (χ2n) is 16.0. The van der Waals surface area contributed by atoms with E-state index in [1.807, 2.05) is 0 Å². The summed E-state index contributed by atoms with van der Waals surface area (Å²) >= 11 is 0. The minimum absolute atomic E-state index is 0.0444. The van der Waals surface area contributed by atoms with Crippen molar-refractivity contribution in [2.24, 2.45) is 11.8 Å². The van der Waals surface area contributed by atoms with Crippen LogP contribution in [0.15, 0.2) is 0 Å². The monoisotopic (exact) mass is 797 g/mol. The lowest BCUT2D eigenvalue weighted by molar-refractivity contribution is -0.146. The van der Waals surface area contributed by atoms with Crippen LogP contribution >= 0.6 is 0 Å². The van der Waals surface area contributed by atoms with E-state index in [9.17, 15) is 19.2 Å². The fraction of sp³-hybridized carbons (Fsp3) is 0.917. The van der Waals surface area contributed by atoms with E-state index < -0.39 is 0 Å². The van der Waals surface area contributed by atoms with Gasteiger partial charge in [-0.2, -0.15) is 0 Å². The third-order valence-corrected chi connectivity index (χ3v) is 10.6. The van der Waals surface area contributed by atoms with Gasteiger partial charge in [-0.15, -0.1) is 0 Å². The third-order valence-electron chi connectivity index (χ3n) is 10.6. The number of carbonyl (C=O) groups is 4. The van der Waals surface area contributed by atoms with Gasteiger partial charge in [0.05, 0.1) is 26.4 Å². The molecule has 0 aromatic heterocycles. The van der Waals surface area contributed by atoms with Crippen LogP contribution in [0.3, 0.4) is 0 Å². The first kappa shape index (κ1) is 56.0. The molecular weight excluding hydrogens is 705 g/mol. The molecule has 2 unspecified atom stereocenters. The molecular formula is C48H92O8. The fourth-order valence-electron chi connectivity index (χ4n) is 6.43. The minimum Gasteiger partial charge on any atom is -0.466 e. The maximum absolute atomic E-state index is 11.9. The van der Waals surface area contributed by atoms with Gasteiger partial charge in [0.1, 0.15) is 0 Å². The summed E-state index contributed by atoms with van der Waals surface area (Å²) in [5.41, 5.74) is 0. The molecule has 56 heavy (non-hydrogen) atoms. The Kier molecular flexibility index (Phi) is 45.6. The summed E-state index contributed by atoms with van der Waals surface area (Å²) in [6.07, 6.45) is 33.0. The molecule has 0 aromatic rings. The fourth-order valence-corrected chi connectivity index (χ4v) is 6.43. The summed E-state index contributed by atoms with van der Waals surface area (Å²) in [7, 11) is 0. The predicted molar refractivity (Wildman–Crippen MR) is 233 cm³/mol. The van der Waals surface area contributed by atoms with Gasteiger partial charge in [0.25, 0.3) is 0 Å². The number of esters is 4. The quantitative estimate of drug-likeness (QED) is 0.0343. The Labute approximate surface area is 346 Å². The van der Waals surface area contributed by atoms with Gasteiger partial charge in [-0.25, -0.2) is 0 Å². The molecule has 0 aliphatic rings. The van der Waals surface area contributed by atoms with E-state index >= 15 is 0 Å². The molecule has 2 atom stereocenters. The van der Waals surface area contributed by atoms with Crippen LogP contribution in [-0.2, 0) is 38.1 Å². The standard InChI is InChI=1S/C26H50O4.C22H42O4/c1-5-9-17-23(7-3)21-29-25(27)19-15-13-11-12-14-16-20-26(28)30-22-24(8-4)18-10-6-2;1-3-5-7-9-11-15-19-25-21(23)17-13-14-18-22(24)26-20-16-12-10-8-6-4-2/h23-24H,5-22H2,1-4H3;3-20H2,1-2H3. The Morgan fingerprint density at radius 2 is 0.589 bits per heavy atom. The van der Waals surface area contributed by atoms with Crippen molar-refractivity contribution in [2.45, 2.75) is 247 Å². The molecule has 8 nitrogen and oxygen atoms in total. The van der Waals surface area contributed by atoms with E-state index in [4.69, 9.17) is 18.9 Å². The molecule has 0 amide bonds. The third kappa shape index (κ3) is 43.0. The summed E-state index contributed by atoms with van der Waals surface area (Å²) in [6.45, 7) is 15.4. The van der Waals surface area contributed by atoms with Crippen molar-refractivity contribution in [3.63, 3.8) is 0 Å². The molecule has 0 aliphatic heterocycles. The Bertz CT molecular complexity index is 805. The maximum atomic E-state index is 11.9. The number of carbonyl (C=O) groups excluding carboxylic acids is 4. The Morgan fingerprint density at radius 3 is 0.911 bits per heavy atom. The van der Waals surface area contributed by atoms with Gasteiger partial charge in [0, 0.05) is 25.7 Å². The zero-order valence-electron chi connectivity index (χ0n) is 37.9. The van der Waals surface area contributed by atoms with E-state index in [0.717, 1.165) is 89.9 Å². The molecule has 0 aliphatic carbocycles.